The average molecular weight is 540 g/mol. The van der Waals surface area contributed by atoms with E-state index >= 15 is 0 Å². The first-order valence-electron chi connectivity index (χ1n) is 14.7. The van der Waals surface area contributed by atoms with Crippen LogP contribution < -0.4 is 4.90 Å². The Morgan fingerprint density at radius 1 is 0.571 bits per heavy atom. The Labute approximate surface area is 248 Å². The number of allylic oxidation sites excluding steroid dienone is 5. The number of rotatable bonds is 5. The van der Waals surface area contributed by atoms with Crippen molar-refractivity contribution in [2.75, 3.05) is 4.90 Å². The van der Waals surface area contributed by atoms with Crippen LogP contribution in [0.1, 0.15) is 18.1 Å². The summed E-state index contributed by atoms with van der Waals surface area (Å²) in [6.45, 7) is 4.26. The van der Waals surface area contributed by atoms with Crippen molar-refractivity contribution in [2.24, 2.45) is 0 Å². The Balaban J connectivity index is 1.40. The van der Waals surface area contributed by atoms with Gasteiger partial charge < -0.3 is 4.90 Å². The third-order valence-electron chi connectivity index (χ3n) is 8.38. The van der Waals surface area contributed by atoms with E-state index in [4.69, 9.17) is 0 Å². The predicted molar refractivity (Wildman–Crippen MR) is 181 cm³/mol. The molecule has 0 amide bonds. The molecule has 0 saturated carbocycles. The number of fused-ring (bicyclic) bond motifs is 3. The SMILES string of the molecule is C/C=C\C=C/C1=CCc2c(C)cccc2N1c1ccc(-c2c3ccccc3c(-c3ccccc3)c3ccccc23)cc1. The summed E-state index contributed by atoms with van der Waals surface area (Å²) in [4.78, 5) is 2.39. The Morgan fingerprint density at radius 2 is 1.14 bits per heavy atom. The van der Waals surface area contributed by atoms with Gasteiger partial charge in [0.2, 0.25) is 0 Å². The van der Waals surface area contributed by atoms with Gasteiger partial charge in [0.15, 0.2) is 0 Å². The first-order chi connectivity index (χ1) is 20.7. The summed E-state index contributed by atoms with van der Waals surface area (Å²) >= 11 is 0. The van der Waals surface area contributed by atoms with E-state index in [0.29, 0.717) is 0 Å². The van der Waals surface area contributed by atoms with Gasteiger partial charge in [-0.25, -0.2) is 0 Å². The Morgan fingerprint density at radius 3 is 1.74 bits per heavy atom. The van der Waals surface area contributed by atoms with Crippen LogP contribution >= 0.6 is 0 Å². The summed E-state index contributed by atoms with van der Waals surface area (Å²) in [7, 11) is 0. The van der Waals surface area contributed by atoms with Crippen molar-refractivity contribution in [3.63, 3.8) is 0 Å². The zero-order valence-corrected chi connectivity index (χ0v) is 24.1. The highest BCUT2D eigenvalue weighted by Crippen LogP contribution is 2.44. The molecular formula is C41H33N. The second-order valence-electron chi connectivity index (χ2n) is 10.9. The van der Waals surface area contributed by atoms with Crippen LogP contribution in [0.2, 0.25) is 0 Å². The van der Waals surface area contributed by atoms with Crippen LogP contribution in [-0.4, -0.2) is 0 Å². The van der Waals surface area contributed by atoms with Crippen molar-refractivity contribution in [3.8, 4) is 22.3 Å². The quantitative estimate of drug-likeness (QED) is 0.156. The highest BCUT2D eigenvalue weighted by molar-refractivity contribution is 6.21. The van der Waals surface area contributed by atoms with Crippen molar-refractivity contribution in [2.45, 2.75) is 20.3 Å². The monoisotopic (exact) mass is 539 g/mol. The molecule has 1 heterocycles. The van der Waals surface area contributed by atoms with Crippen molar-refractivity contribution in [1.82, 2.24) is 0 Å². The summed E-state index contributed by atoms with van der Waals surface area (Å²) < 4.78 is 0. The fourth-order valence-corrected chi connectivity index (χ4v) is 6.43. The van der Waals surface area contributed by atoms with Gasteiger partial charge in [0.1, 0.15) is 0 Å². The second kappa shape index (κ2) is 11.0. The van der Waals surface area contributed by atoms with Crippen LogP contribution in [0.4, 0.5) is 11.4 Å². The van der Waals surface area contributed by atoms with Crippen LogP contribution in [0.25, 0.3) is 43.8 Å². The molecule has 1 heteroatoms. The molecule has 0 saturated heterocycles. The highest BCUT2D eigenvalue weighted by Gasteiger charge is 2.22. The molecule has 0 N–H and O–H groups in total. The van der Waals surface area contributed by atoms with E-state index in [1.54, 1.807) is 0 Å². The van der Waals surface area contributed by atoms with E-state index < -0.39 is 0 Å². The van der Waals surface area contributed by atoms with Gasteiger partial charge in [-0.15, -0.1) is 0 Å². The standard InChI is InChI=1S/C41H33N/c1-3-4-6-17-32-27-28-34-29(2)14-13-22-39(34)42(32)33-25-23-31(24-26-33)41-37-20-11-9-18-35(37)40(30-15-7-5-8-16-30)36-19-10-12-21-38(36)41/h3-27H,28H2,1-2H3/b4-3-,17-6-. The lowest BCUT2D eigenvalue weighted by molar-refractivity contribution is 1.07. The maximum atomic E-state index is 2.39. The van der Waals surface area contributed by atoms with E-state index in [9.17, 15) is 0 Å². The smallest absolute Gasteiger partial charge is 0.0499 e. The summed E-state index contributed by atoms with van der Waals surface area (Å²) in [5.74, 6) is 0. The van der Waals surface area contributed by atoms with Crippen LogP contribution in [-0.2, 0) is 6.42 Å². The van der Waals surface area contributed by atoms with E-state index in [2.05, 4.69) is 170 Å². The third kappa shape index (κ3) is 4.44. The van der Waals surface area contributed by atoms with E-state index in [-0.39, 0.29) is 0 Å². The molecule has 1 nitrogen and oxygen atoms in total. The molecule has 1 aliphatic heterocycles. The largest absolute Gasteiger partial charge is 0.311 e. The molecule has 0 bridgehead atoms. The molecule has 0 atom stereocenters. The lowest BCUT2D eigenvalue weighted by Crippen LogP contribution is -2.20. The molecule has 0 unspecified atom stereocenters. The molecule has 202 valence electrons. The predicted octanol–water partition coefficient (Wildman–Crippen LogP) is 11.3. The molecule has 0 spiro atoms. The average Bonchev–Trinajstić information content (AvgIpc) is 3.04. The van der Waals surface area contributed by atoms with Gasteiger partial charge in [-0.1, -0.05) is 127 Å². The van der Waals surface area contributed by atoms with Crippen LogP contribution in [0.3, 0.4) is 0 Å². The molecule has 0 aromatic heterocycles. The molecule has 7 rings (SSSR count). The van der Waals surface area contributed by atoms with Gasteiger partial charge in [-0.2, -0.15) is 0 Å². The minimum absolute atomic E-state index is 0.942. The lowest BCUT2D eigenvalue weighted by Gasteiger charge is -2.32. The fraction of sp³-hybridized carbons (Fsp3) is 0.0732. The van der Waals surface area contributed by atoms with E-state index in [1.165, 1.54) is 66.3 Å². The number of hydrogen-bond acceptors (Lipinski definition) is 1. The zero-order valence-electron chi connectivity index (χ0n) is 24.1. The lowest BCUT2D eigenvalue weighted by atomic mass is 9.86. The molecule has 0 aliphatic carbocycles. The summed E-state index contributed by atoms with van der Waals surface area (Å²) in [6, 6.07) is 44.2. The normalized spacial score (nSPS) is 13.3. The fourth-order valence-electron chi connectivity index (χ4n) is 6.43. The number of anilines is 2. The van der Waals surface area contributed by atoms with Gasteiger partial charge in [0.25, 0.3) is 0 Å². The van der Waals surface area contributed by atoms with E-state index in [1.807, 2.05) is 0 Å². The van der Waals surface area contributed by atoms with Crippen LogP contribution in [0.15, 0.2) is 157 Å². The summed E-state index contributed by atoms with van der Waals surface area (Å²) in [6.07, 6.45) is 11.8. The van der Waals surface area contributed by atoms with Gasteiger partial charge >= 0.3 is 0 Å². The number of benzene rings is 6. The van der Waals surface area contributed by atoms with Gasteiger partial charge in [-0.05, 0) is 99.5 Å². The molecule has 42 heavy (non-hydrogen) atoms. The number of hydrogen-bond donors (Lipinski definition) is 0. The Hall–Kier alpha value is -5.14. The van der Waals surface area contributed by atoms with Crippen LogP contribution in [0.5, 0.6) is 0 Å². The minimum Gasteiger partial charge on any atom is -0.311 e. The molecule has 6 aromatic rings. The first-order valence-corrected chi connectivity index (χ1v) is 14.7. The van der Waals surface area contributed by atoms with Gasteiger partial charge in [0.05, 0.1) is 0 Å². The van der Waals surface area contributed by atoms with Crippen LogP contribution in [0, 0.1) is 6.92 Å². The summed E-state index contributed by atoms with van der Waals surface area (Å²) in [5, 5.41) is 5.11. The molecule has 1 aliphatic rings. The van der Waals surface area contributed by atoms with E-state index in [0.717, 1.165) is 12.1 Å². The van der Waals surface area contributed by atoms with Crippen molar-refractivity contribution >= 4 is 32.9 Å². The van der Waals surface area contributed by atoms with Crippen molar-refractivity contribution < 1.29 is 0 Å². The minimum atomic E-state index is 0.942. The maximum Gasteiger partial charge on any atom is 0.0499 e. The maximum absolute atomic E-state index is 2.39. The van der Waals surface area contributed by atoms with Gasteiger partial charge in [-0.3, -0.25) is 0 Å². The number of nitrogens with zero attached hydrogens (tertiary/aromatic N) is 1. The molecular weight excluding hydrogens is 506 g/mol. The van der Waals surface area contributed by atoms with Crippen molar-refractivity contribution in [3.05, 3.63) is 169 Å². The Kier molecular flexibility index (Phi) is 6.78. The van der Waals surface area contributed by atoms with Crippen molar-refractivity contribution in [1.29, 1.82) is 0 Å². The number of aryl methyl sites for hydroxylation is 1. The second-order valence-corrected chi connectivity index (χ2v) is 10.9. The topological polar surface area (TPSA) is 3.24 Å². The molecule has 0 radical (unpaired) electrons. The molecule has 0 fully saturated rings. The van der Waals surface area contributed by atoms with Gasteiger partial charge in [0, 0.05) is 17.1 Å². The molecule has 6 aromatic carbocycles. The highest BCUT2D eigenvalue weighted by atomic mass is 15.2. The summed E-state index contributed by atoms with van der Waals surface area (Å²) in [5.41, 5.74) is 11.4. The zero-order chi connectivity index (χ0) is 28.5. The third-order valence-corrected chi connectivity index (χ3v) is 8.38. The Bertz CT molecular complexity index is 1950. The first kappa shape index (κ1) is 25.8.